The van der Waals surface area contributed by atoms with Crippen LogP contribution in [0.3, 0.4) is 0 Å². The molecule has 2 aliphatic rings. The average Bonchev–Trinajstić information content (AvgIpc) is 3.63. The summed E-state index contributed by atoms with van der Waals surface area (Å²) in [5, 5.41) is 31.5. The molecule has 2 saturated heterocycles. The number of likely N-dealkylation sites (tertiary alicyclic amines) is 1. The first-order chi connectivity index (χ1) is 18.5. The predicted molar refractivity (Wildman–Crippen MR) is 143 cm³/mol. The Labute approximate surface area is 220 Å². The number of fused-ring (bicyclic) bond motifs is 1. The summed E-state index contributed by atoms with van der Waals surface area (Å²) in [6.45, 7) is 3.25. The van der Waals surface area contributed by atoms with E-state index in [4.69, 9.17) is 4.74 Å². The van der Waals surface area contributed by atoms with Crippen molar-refractivity contribution < 1.29 is 14.6 Å². The molecule has 38 heavy (non-hydrogen) atoms. The van der Waals surface area contributed by atoms with Crippen molar-refractivity contribution in [2.24, 2.45) is 0 Å². The summed E-state index contributed by atoms with van der Waals surface area (Å²) < 4.78 is 7.80. The van der Waals surface area contributed by atoms with Gasteiger partial charge in [-0.1, -0.05) is 6.07 Å². The van der Waals surface area contributed by atoms with Crippen LogP contribution in [0.15, 0.2) is 42.9 Å². The van der Waals surface area contributed by atoms with Crippen LogP contribution in [0.2, 0.25) is 0 Å². The number of H-pyrrole nitrogens is 1. The third-order valence-electron chi connectivity index (χ3n) is 7.91. The number of amides is 1. The highest BCUT2D eigenvalue weighted by Crippen LogP contribution is 2.35. The van der Waals surface area contributed by atoms with Crippen molar-refractivity contribution in [2.75, 3.05) is 25.1 Å². The van der Waals surface area contributed by atoms with E-state index in [1.807, 2.05) is 55.4 Å². The lowest BCUT2D eigenvalue weighted by Gasteiger charge is -2.40. The van der Waals surface area contributed by atoms with E-state index < -0.39 is 6.09 Å². The lowest BCUT2D eigenvalue weighted by molar-refractivity contribution is -0.0394. The monoisotopic (exact) mass is 516 g/mol. The molecule has 5 heterocycles. The number of piperidine rings is 1. The van der Waals surface area contributed by atoms with Gasteiger partial charge in [-0.05, 0) is 62.8 Å². The Morgan fingerprint density at radius 2 is 2.00 bits per heavy atom. The van der Waals surface area contributed by atoms with Gasteiger partial charge in [0.1, 0.15) is 6.23 Å². The molecule has 4 aromatic rings. The molecule has 3 aromatic heterocycles. The first-order valence-corrected chi connectivity index (χ1v) is 13.2. The summed E-state index contributed by atoms with van der Waals surface area (Å²) in [5.74, 6) is 0.768. The quantitative estimate of drug-likeness (QED) is 0.396. The van der Waals surface area contributed by atoms with Crippen molar-refractivity contribution in [3.8, 4) is 22.4 Å². The first-order valence-electron chi connectivity index (χ1n) is 13.2. The number of ether oxygens (including phenoxy) is 1. The summed E-state index contributed by atoms with van der Waals surface area (Å²) in [6, 6.07) is 8.24. The van der Waals surface area contributed by atoms with Crippen molar-refractivity contribution in [3.63, 3.8) is 0 Å². The van der Waals surface area contributed by atoms with E-state index in [9.17, 15) is 9.90 Å². The van der Waals surface area contributed by atoms with Gasteiger partial charge in [0.05, 0.1) is 23.6 Å². The Morgan fingerprint density at radius 3 is 2.74 bits per heavy atom. The second-order valence-corrected chi connectivity index (χ2v) is 10.2. The molecular weight excluding hydrogens is 484 g/mol. The fraction of sp³-hybridized carbons (Fsp3) is 0.444. The number of aromatic nitrogens is 6. The molecule has 3 atom stereocenters. The van der Waals surface area contributed by atoms with E-state index in [0.29, 0.717) is 6.54 Å². The Kier molecular flexibility index (Phi) is 6.44. The number of rotatable bonds is 5. The van der Waals surface area contributed by atoms with E-state index in [1.54, 1.807) is 0 Å². The molecule has 1 amide bonds. The zero-order valence-electron chi connectivity index (χ0n) is 21.6. The lowest BCUT2D eigenvalue weighted by Crippen LogP contribution is -2.50. The third-order valence-corrected chi connectivity index (χ3v) is 7.91. The largest absolute Gasteiger partial charge is 0.465 e. The highest BCUT2D eigenvalue weighted by Gasteiger charge is 2.31. The fourth-order valence-corrected chi connectivity index (χ4v) is 5.69. The van der Waals surface area contributed by atoms with Gasteiger partial charge in [-0.3, -0.25) is 5.10 Å². The van der Waals surface area contributed by atoms with Crippen LogP contribution in [0.4, 0.5) is 10.6 Å². The molecule has 2 aliphatic heterocycles. The van der Waals surface area contributed by atoms with Gasteiger partial charge in [0, 0.05) is 55.0 Å². The second-order valence-electron chi connectivity index (χ2n) is 10.2. The smallest absolute Gasteiger partial charge is 0.407 e. The van der Waals surface area contributed by atoms with E-state index >= 15 is 0 Å². The number of aromatic amines is 1. The van der Waals surface area contributed by atoms with Gasteiger partial charge in [0.15, 0.2) is 5.82 Å². The molecule has 1 aromatic carbocycles. The average molecular weight is 517 g/mol. The highest BCUT2D eigenvalue weighted by atomic mass is 16.5. The van der Waals surface area contributed by atoms with Crippen molar-refractivity contribution >= 4 is 22.8 Å². The van der Waals surface area contributed by atoms with Crippen LogP contribution in [-0.2, 0) is 4.74 Å². The van der Waals surface area contributed by atoms with Crippen LogP contribution in [0, 0.1) is 0 Å². The Morgan fingerprint density at radius 1 is 1.13 bits per heavy atom. The van der Waals surface area contributed by atoms with Gasteiger partial charge in [-0.25, -0.2) is 9.48 Å². The summed E-state index contributed by atoms with van der Waals surface area (Å²) >= 11 is 0. The topological polar surface area (TPSA) is 125 Å². The third kappa shape index (κ3) is 4.47. The van der Waals surface area contributed by atoms with Gasteiger partial charge in [0.25, 0.3) is 0 Å². The van der Waals surface area contributed by atoms with Gasteiger partial charge >= 0.3 is 6.09 Å². The Bertz CT molecular complexity index is 1430. The van der Waals surface area contributed by atoms with Gasteiger partial charge in [-0.15, -0.1) is 10.2 Å². The van der Waals surface area contributed by atoms with Gasteiger partial charge in [0.2, 0.25) is 0 Å². The second kappa shape index (κ2) is 10.1. The van der Waals surface area contributed by atoms with Gasteiger partial charge in [-0.2, -0.15) is 10.2 Å². The molecule has 0 aliphatic carbocycles. The molecule has 0 spiro atoms. The maximum absolute atomic E-state index is 11.4. The fourth-order valence-electron chi connectivity index (χ4n) is 5.69. The summed E-state index contributed by atoms with van der Waals surface area (Å²) in [6.07, 6.45) is 9.65. The number of carboxylic acid groups (broad SMARTS) is 1. The molecular formula is C27H32N8O3. The minimum atomic E-state index is -0.856. The predicted octanol–water partition coefficient (Wildman–Crippen LogP) is 4.55. The molecule has 3 unspecified atom stereocenters. The number of nitrogens with one attached hydrogen (secondary N) is 1. The molecule has 11 nitrogen and oxygen atoms in total. The van der Waals surface area contributed by atoms with Crippen LogP contribution in [-0.4, -0.2) is 78.6 Å². The molecule has 0 bridgehead atoms. The van der Waals surface area contributed by atoms with Crippen molar-refractivity contribution in [1.82, 2.24) is 35.1 Å². The van der Waals surface area contributed by atoms with E-state index in [1.165, 1.54) is 4.90 Å². The number of hydrogen-bond acceptors (Lipinski definition) is 7. The van der Waals surface area contributed by atoms with E-state index in [-0.39, 0.29) is 18.3 Å². The molecule has 2 N–H and O–H groups in total. The maximum Gasteiger partial charge on any atom is 0.407 e. The van der Waals surface area contributed by atoms with Crippen molar-refractivity contribution in [3.05, 3.63) is 42.9 Å². The zero-order valence-corrected chi connectivity index (χ0v) is 21.6. The lowest BCUT2D eigenvalue weighted by atomic mass is 9.97. The number of hydrogen-bond donors (Lipinski definition) is 2. The Hall–Kier alpha value is -3.99. The van der Waals surface area contributed by atoms with Crippen molar-refractivity contribution in [1.29, 1.82) is 0 Å². The number of anilines is 1. The van der Waals surface area contributed by atoms with Crippen LogP contribution in [0.1, 0.15) is 45.3 Å². The maximum atomic E-state index is 11.4. The number of benzene rings is 1. The molecule has 198 valence electrons. The van der Waals surface area contributed by atoms with Gasteiger partial charge < -0.3 is 19.6 Å². The normalized spacial score (nSPS) is 22.1. The molecule has 6 rings (SSSR count). The summed E-state index contributed by atoms with van der Waals surface area (Å²) in [4.78, 5) is 15.0. The zero-order chi connectivity index (χ0) is 26.2. The number of nitrogens with zero attached hydrogens (tertiary/aromatic N) is 7. The Balaban J connectivity index is 1.22. The summed E-state index contributed by atoms with van der Waals surface area (Å²) in [7, 11) is 2.00. The minimum Gasteiger partial charge on any atom is -0.465 e. The standard InChI is InChI=1S/C27H32N8O3/c1-17-13-19(10-11-34(17)27(36)37)33(2)24-9-8-23(30-31-24)21-7-6-20(22-15-28-32-26(21)22)18-14-29-35(16-18)25-5-3-4-12-38-25/h6-9,14-17,19,25H,3-5,10-13H2,1-2H3,(H,28,32)(H,36,37). The summed E-state index contributed by atoms with van der Waals surface area (Å²) in [5.41, 5.74) is 4.64. The first kappa shape index (κ1) is 24.4. The van der Waals surface area contributed by atoms with Crippen LogP contribution in [0.25, 0.3) is 33.3 Å². The molecule has 11 heteroatoms. The minimum absolute atomic E-state index is 0.00328. The molecule has 2 fully saturated rings. The van der Waals surface area contributed by atoms with Crippen molar-refractivity contribution in [2.45, 2.75) is 57.3 Å². The van der Waals surface area contributed by atoms with E-state index in [2.05, 4.69) is 36.5 Å². The van der Waals surface area contributed by atoms with Crippen LogP contribution in [0.5, 0.6) is 0 Å². The van der Waals surface area contributed by atoms with Crippen LogP contribution >= 0.6 is 0 Å². The molecule has 0 radical (unpaired) electrons. The van der Waals surface area contributed by atoms with E-state index in [0.717, 1.165) is 77.8 Å². The SMILES string of the molecule is CC1CC(N(C)c2ccc(-c3ccc(-c4cnn(C5CCCCO5)c4)c4cn[nH]c34)nn2)CCN1C(=O)O. The van der Waals surface area contributed by atoms with Crippen LogP contribution < -0.4 is 4.90 Å². The highest BCUT2D eigenvalue weighted by molar-refractivity contribution is 6.01. The molecule has 0 saturated carbocycles. The number of carbonyl (C=O) groups is 1.